The number of H-pyrrole nitrogens is 1. The van der Waals surface area contributed by atoms with Gasteiger partial charge in [0, 0.05) is 37.0 Å². The summed E-state index contributed by atoms with van der Waals surface area (Å²) in [7, 11) is 1.51. The van der Waals surface area contributed by atoms with Crippen molar-refractivity contribution < 1.29 is 14.6 Å². The summed E-state index contributed by atoms with van der Waals surface area (Å²) in [6, 6.07) is 8.49. The second-order valence-corrected chi connectivity index (χ2v) is 6.11. The van der Waals surface area contributed by atoms with Gasteiger partial charge in [0.05, 0.1) is 30.6 Å². The number of phenols is 1. The van der Waals surface area contributed by atoms with Crippen LogP contribution < -0.4 is 4.74 Å². The number of hydrogen-bond donors (Lipinski definition) is 2. The average Bonchev–Trinajstić information content (AvgIpc) is 3.11. The summed E-state index contributed by atoms with van der Waals surface area (Å²) >= 11 is 0. The van der Waals surface area contributed by atoms with Gasteiger partial charge in [-0.25, -0.2) is 4.98 Å². The van der Waals surface area contributed by atoms with Crippen LogP contribution in [0.5, 0.6) is 11.5 Å². The van der Waals surface area contributed by atoms with E-state index in [0.29, 0.717) is 25.3 Å². The van der Waals surface area contributed by atoms with Crippen molar-refractivity contribution in [2.75, 3.05) is 13.7 Å². The molecular weight excluding hydrogens is 332 g/mol. The number of nitrogens with zero attached hydrogens (tertiary/aromatic N) is 3. The van der Waals surface area contributed by atoms with E-state index in [9.17, 15) is 9.90 Å². The molecule has 1 aliphatic rings. The number of rotatable bonds is 3. The van der Waals surface area contributed by atoms with Gasteiger partial charge in [0.15, 0.2) is 0 Å². The zero-order valence-corrected chi connectivity index (χ0v) is 14.3. The summed E-state index contributed by atoms with van der Waals surface area (Å²) in [6.07, 6.45) is 4.13. The molecule has 0 saturated carbocycles. The number of carbonyl (C=O) groups excluding carboxylic acids is 1. The molecule has 7 heteroatoms. The molecule has 132 valence electrons. The van der Waals surface area contributed by atoms with Crippen molar-refractivity contribution in [3.8, 4) is 22.9 Å². The Morgan fingerprint density at radius 3 is 2.96 bits per heavy atom. The number of amides is 1. The zero-order valence-electron chi connectivity index (χ0n) is 14.3. The average molecular weight is 350 g/mol. The van der Waals surface area contributed by atoms with Crippen molar-refractivity contribution in [3.63, 3.8) is 0 Å². The Hall–Kier alpha value is -3.35. The number of ether oxygens (including phenoxy) is 1. The fourth-order valence-corrected chi connectivity index (χ4v) is 3.10. The third-order valence-electron chi connectivity index (χ3n) is 4.49. The molecule has 1 aromatic carbocycles. The van der Waals surface area contributed by atoms with Gasteiger partial charge >= 0.3 is 0 Å². The van der Waals surface area contributed by atoms with Crippen molar-refractivity contribution in [2.24, 2.45) is 0 Å². The number of methoxy groups -OCH3 is 1. The lowest BCUT2D eigenvalue weighted by Crippen LogP contribution is -2.36. The summed E-state index contributed by atoms with van der Waals surface area (Å²) in [5.74, 6) is 0.966. The van der Waals surface area contributed by atoms with Gasteiger partial charge < -0.3 is 19.7 Å². The van der Waals surface area contributed by atoms with Crippen molar-refractivity contribution in [1.29, 1.82) is 0 Å². The van der Waals surface area contributed by atoms with Gasteiger partial charge in [-0.05, 0) is 24.3 Å². The molecule has 0 fully saturated rings. The highest BCUT2D eigenvalue weighted by Gasteiger charge is 2.26. The predicted octanol–water partition coefficient (Wildman–Crippen LogP) is 2.38. The summed E-state index contributed by atoms with van der Waals surface area (Å²) in [6.45, 7) is 0.974. The SMILES string of the molecule is COc1ccc(C(=O)N2CCc3nc(-c4cccnc4)[nH]c3C2)c(O)c1. The first kappa shape index (κ1) is 16.1. The molecule has 0 aliphatic carbocycles. The molecule has 0 spiro atoms. The van der Waals surface area contributed by atoms with Crippen LogP contribution in [0.15, 0.2) is 42.7 Å². The number of phenolic OH excluding ortho intramolecular Hbond substituents is 1. The summed E-state index contributed by atoms with van der Waals surface area (Å²) in [4.78, 5) is 26.5. The minimum Gasteiger partial charge on any atom is -0.507 e. The summed E-state index contributed by atoms with van der Waals surface area (Å²) in [5.41, 5.74) is 3.05. The molecule has 0 bridgehead atoms. The predicted molar refractivity (Wildman–Crippen MR) is 94.9 cm³/mol. The van der Waals surface area contributed by atoms with Gasteiger partial charge in [0.2, 0.25) is 0 Å². The van der Waals surface area contributed by atoms with Crippen molar-refractivity contribution in [1.82, 2.24) is 19.9 Å². The molecule has 0 radical (unpaired) electrons. The topological polar surface area (TPSA) is 91.3 Å². The number of benzene rings is 1. The maximum absolute atomic E-state index is 12.8. The quantitative estimate of drug-likeness (QED) is 0.757. The van der Waals surface area contributed by atoms with Gasteiger partial charge in [-0.15, -0.1) is 0 Å². The summed E-state index contributed by atoms with van der Waals surface area (Å²) in [5, 5.41) is 10.1. The fraction of sp³-hybridized carbons (Fsp3) is 0.211. The van der Waals surface area contributed by atoms with E-state index in [1.54, 1.807) is 29.4 Å². The first-order valence-electron chi connectivity index (χ1n) is 8.30. The standard InChI is InChI=1S/C19H18N4O3/c1-26-13-4-5-14(17(24)9-13)19(25)23-8-6-15-16(11-23)22-18(21-15)12-3-2-7-20-10-12/h2-5,7,9-10,24H,6,8,11H2,1H3,(H,21,22). The number of pyridine rings is 1. The number of aromatic hydroxyl groups is 1. The molecular formula is C19H18N4O3. The molecule has 1 amide bonds. The third-order valence-corrected chi connectivity index (χ3v) is 4.49. The van der Waals surface area contributed by atoms with Gasteiger partial charge in [-0.1, -0.05) is 0 Å². The molecule has 1 aliphatic heterocycles. The Morgan fingerprint density at radius 1 is 1.35 bits per heavy atom. The van der Waals surface area contributed by atoms with Gasteiger partial charge in [0.1, 0.15) is 17.3 Å². The normalized spacial score (nSPS) is 13.3. The van der Waals surface area contributed by atoms with Crippen LogP contribution in [-0.4, -0.2) is 44.5 Å². The van der Waals surface area contributed by atoms with E-state index in [0.717, 1.165) is 22.8 Å². The van der Waals surface area contributed by atoms with E-state index in [2.05, 4.69) is 15.0 Å². The van der Waals surface area contributed by atoms with Crippen molar-refractivity contribution in [2.45, 2.75) is 13.0 Å². The first-order chi connectivity index (χ1) is 12.7. The molecule has 26 heavy (non-hydrogen) atoms. The first-order valence-corrected chi connectivity index (χ1v) is 8.30. The number of aromatic nitrogens is 3. The van der Waals surface area contributed by atoms with Crippen LogP contribution in [0.1, 0.15) is 21.7 Å². The molecule has 2 N–H and O–H groups in total. The molecule has 3 aromatic rings. The van der Waals surface area contributed by atoms with Crippen LogP contribution >= 0.6 is 0 Å². The lowest BCUT2D eigenvalue weighted by atomic mass is 10.1. The number of carbonyl (C=O) groups is 1. The maximum Gasteiger partial charge on any atom is 0.257 e. The minimum absolute atomic E-state index is 0.0826. The van der Waals surface area contributed by atoms with Gasteiger partial charge in [0.25, 0.3) is 5.91 Å². The largest absolute Gasteiger partial charge is 0.507 e. The molecule has 3 heterocycles. The van der Waals surface area contributed by atoms with E-state index in [1.165, 1.54) is 13.2 Å². The Kier molecular flexibility index (Phi) is 4.04. The Balaban J connectivity index is 1.57. The number of aromatic amines is 1. The highest BCUT2D eigenvalue weighted by molar-refractivity contribution is 5.97. The van der Waals surface area contributed by atoms with Crippen LogP contribution in [0.25, 0.3) is 11.4 Å². The highest BCUT2D eigenvalue weighted by atomic mass is 16.5. The summed E-state index contributed by atoms with van der Waals surface area (Å²) < 4.78 is 5.06. The number of fused-ring (bicyclic) bond motifs is 1. The third kappa shape index (κ3) is 2.88. The van der Waals surface area contributed by atoms with Crippen LogP contribution in [0.3, 0.4) is 0 Å². The van der Waals surface area contributed by atoms with E-state index < -0.39 is 0 Å². The van der Waals surface area contributed by atoms with Gasteiger partial charge in [-0.2, -0.15) is 0 Å². The van der Waals surface area contributed by atoms with Crippen LogP contribution in [0.4, 0.5) is 0 Å². The number of imidazole rings is 1. The second-order valence-electron chi connectivity index (χ2n) is 6.11. The molecule has 2 aromatic heterocycles. The van der Waals surface area contributed by atoms with Crippen molar-refractivity contribution in [3.05, 3.63) is 59.7 Å². The van der Waals surface area contributed by atoms with E-state index in [1.807, 2.05) is 12.1 Å². The molecule has 4 rings (SSSR count). The molecule has 0 unspecified atom stereocenters. The maximum atomic E-state index is 12.8. The van der Waals surface area contributed by atoms with E-state index in [4.69, 9.17) is 4.74 Å². The Labute approximate surface area is 150 Å². The fourth-order valence-electron chi connectivity index (χ4n) is 3.10. The van der Waals surface area contributed by atoms with E-state index >= 15 is 0 Å². The molecule has 7 nitrogen and oxygen atoms in total. The van der Waals surface area contributed by atoms with Crippen LogP contribution in [-0.2, 0) is 13.0 Å². The molecule has 0 atom stereocenters. The van der Waals surface area contributed by atoms with E-state index in [-0.39, 0.29) is 17.2 Å². The second kappa shape index (κ2) is 6.51. The smallest absolute Gasteiger partial charge is 0.257 e. The van der Waals surface area contributed by atoms with Crippen LogP contribution in [0.2, 0.25) is 0 Å². The Morgan fingerprint density at radius 2 is 2.23 bits per heavy atom. The highest BCUT2D eigenvalue weighted by Crippen LogP contribution is 2.27. The lowest BCUT2D eigenvalue weighted by molar-refractivity contribution is 0.0729. The van der Waals surface area contributed by atoms with Crippen LogP contribution in [0, 0.1) is 0 Å². The lowest BCUT2D eigenvalue weighted by Gasteiger charge is -2.26. The zero-order chi connectivity index (χ0) is 18.1. The van der Waals surface area contributed by atoms with Gasteiger partial charge in [-0.3, -0.25) is 9.78 Å². The Bertz CT molecular complexity index is 953. The molecule has 0 saturated heterocycles. The number of hydrogen-bond acceptors (Lipinski definition) is 5. The van der Waals surface area contributed by atoms with Crippen molar-refractivity contribution >= 4 is 5.91 Å². The monoisotopic (exact) mass is 350 g/mol. The minimum atomic E-state index is -0.215. The number of nitrogens with one attached hydrogen (secondary N) is 1.